The highest BCUT2D eigenvalue weighted by atomic mass is 16.5. The molecule has 1 aromatic rings. The number of ether oxygens (including phenoxy) is 1. The van der Waals surface area contributed by atoms with Gasteiger partial charge in [0.2, 0.25) is 0 Å². The van der Waals surface area contributed by atoms with Crippen LogP contribution in [0.5, 0.6) is 0 Å². The Morgan fingerprint density at radius 1 is 1.50 bits per heavy atom. The van der Waals surface area contributed by atoms with Gasteiger partial charge in [0.15, 0.2) is 0 Å². The number of nitrogens with one attached hydrogen (secondary N) is 2. The molecule has 0 unspecified atom stereocenters. The monoisotopic (exact) mass is 313 g/mol. The molecule has 0 aromatic carbocycles. The summed E-state index contributed by atoms with van der Waals surface area (Å²) in [4.78, 5) is 23.2. The first kappa shape index (κ1) is 17.8. The molecule has 0 spiro atoms. The summed E-state index contributed by atoms with van der Waals surface area (Å²) >= 11 is 0. The normalized spacial score (nSPS) is 12.6. The zero-order valence-corrected chi connectivity index (χ0v) is 13.2. The van der Waals surface area contributed by atoms with E-state index in [0.717, 1.165) is 0 Å². The third-order valence-corrected chi connectivity index (χ3v) is 2.65. The first-order valence-corrected chi connectivity index (χ1v) is 6.81. The smallest absolute Gasteiger partial charge is 0.407 e. The lowest BCUT2D eigenvalue weighted by molar-refractivity contribution is -0.124. The van der Waals surface area contributed by atoms with Crippen molar-refractivity contribution in [3.05, 3.63) is 6.20 Å². The maximum atomic E-state index is 11.8. The van der Waals surface area contributed by atoms with Crippen LogP contribution < -0.4 is 16.4 Å². The summed E-state index contributed by atoms with van der Waals surface area (Å²) in [5.74, 6) is -0.360. The lowest BCUT2D eigenvalue weighted by Crippen LogP contribution is -2.41. The summed E-state index contributed by atoms with van der Waals surface area (Å²) in [6, 6.07) is 0. The first-order chi connectivity index (χ1) is 10.1. The molecule has 0 aliphatic carbocycles. The lowest BCUT2D eigenvalue weighted by atomic mass is 10.1. The molecule has 1 atom stereocenters. The van der Waals surface area contributed by atoms with Crippen molar-refractivity contribution in [3.8, 4) is 0 Å². The van der Waals surface area contributed by atoms with Gasteiger partial charge >= 0.3 is 6.09 Å². The van der Waals surface area contributed by atoms with Crippen molar-refractivity contribution >= 4 is 23.5 Å². The minimum Gasteiger partial charge on any atom is -0.449 e. The van der Waals surface area contributed by atoms with Crippen molar-refractivity contribution in [1.29, 1.82) is 0 Å². The van der Waals surface area contributed by atoms with Crippen LogP contribution in [0.4, 0.5) is 16.3 Å². The highest BCUT2D eigenvalue weighted by molar-refractivity contribution is 5.95. The van der Waals surface area contributed by atoms with Crippen molar-refractivity contribution in [1.82, 2.24) is 15.1 Å². The molecule has 1 heterocycles. The zero-order chi connectivity index (χ0) is 16.9. The number of hydrogen-bond acceptors (Lipinski definition) is 6. The number of carbonyl (C=O) groups is 2. The summed E-state index contributed by atoms with van der Waals surface area (Å²) in [6.07, 6.45) is -0.560. The Kier molecular flexibility index (Phi) is 5.75. The molecule has 9 nitrogen and oxygen atoms in total. The highest BCUT2D eigenvalue weighted by Crippen LogP contribution is 2.16. The van der Waals surface area contributed by atoms with E-state index in [9.17, 15) is 14.7 Å². The van der Waals surface area contributed by atoms with Crippen LogP contribution in [-0.2, 0) is 16.6 Å². The van der Waals surface area contributed by atoms with Gasteiger partial charge in [0.1, 0.15) is 17.6 Å². The van der Waals surface area contributed by atoms with E-state index < -0.39 is 23.6 Å². The molecular formula is C13H23N5O4. The number of aromatic nitrogens is 2. The maximum Gasteiger partial charge on any atom is 0.407 e. The van der Waals surface area contributed by atoms with Gasteiger partial charge in [-0.05, 0) is 20.8 Å². The molecule has 0 fully saturated rings. The zero-order valence-electron chi connectivity index (χ0n) is 13.2. The number of alkyl carbamates (subject to hydrolysis) is 1. The van der Waals surface area contributed by atoms with Crippen molar-refractivity contribution in [2.45, 2.75) is 38.8 Å². The van der Waals surface area contributed by atoms with E-state index in [-0.39, 0.29) is 18.8 Å². The molecule has 0 bridgehead atoms. The Bertz CT molecular complexity index is 535. The Balaban J connectivity index is 2.36. The summed E-state index contributed by atoms with van der Waals surface area (Å²) in [7, 11) is 1.63. The minimum atomic E-state index is -1.32. The Hall–Kier alpha value is -2.29. The molecule has 0 saturated carbocycles. The molecule has 1 rings (SSSR count). The van der Waals surface area contributed by atoms with Crippen LogP contribution in [-0.4, -0.2) is 45.1 Å². The number of rotatable bonds is 5. The number of nitrogens with two attached hydrogens (primary N) is 1. The van der Waals surface area contributed by atoms with Gasteiger partial charge in [0, 0.05) is 19.0 Å². The Morgan fingerprint density at radius 2 is 2.14 bits per heavy atom. The molecule has 0 aliphatic rings. The van der Waals surface area contributed by atoms with E-state index in [4.69, 9.17) is 10.5 Å². The summed E-state index contributed by atoms with van der Waals surface area (Å²) in [5, 5.41) is 18.7. The van der Waals surface area contributed by atoms with Crippen LogP contribution in [0.2, 0.25) is 0 Å². The van der Waals surface area contributed by atoms with Crippen LogP contribution >= 0.6 is 0 Å². The number of aliphatic hydroxyl groups excluding tert-OH is 1. The molecular weight excluding hydrogens is 290 g/mol. The summed E-state index contributed by atoms with van der Waals surface area (Å²) < 4.78 is 6.28. The van der Waals surface area contributed by atoms with Crippen molar-refractivity contribution < 1.29 is 19.4 Å². The number of anilines is 2. The number of carbonyl (C=O) groups excluding carboxylic acids is 2. The van der Waals surface area contributed by atoms with Crippen LogP contribution in [0.1, 0.15) is 27.2 Å². The number of nitrogen functional groups attached to an aromatic ring is 1. The fourth-order valence-corrected chi connectivity index (χ4v) is 1.50. The average Bonchev–Trinajstić information content (AvgIpc) is 2.68. The fourth-order valence-electron chi connectivity index (χ4n) is 1.50. The van der Waals surface area contributed by atoms with Crippen molar-refractivity contribution in [3.63, 3.8) is 0 Å². The van der Waals surface area contributed by atoms with E-state index in [1.807, 2.05) is 20.8 Å². The van der Waals surface area contributed by atoms with Crippen molar-refractivity contribution in [2.24, 2.45) is 7.05 Å². The third-order valence-electron chi connectivity index (χ3n) is 2.65. The van der Waals surface area contributed by atoms with Gasteiger partial charge in [-0.25, -0.2) is 4.79 Å². The molecule has 0 aliphatic heterocycles. The molecule has 22 heavy (non-hydrogen) atoms. The number of hydrogen-bond donors (Lipinski definition) is 4. The molecule has 0 radical (unpaired) electrons. The van der Waals surface area contributed by atoms with Gasteiger partial charge in [-0.3, -0.25) is 9.48 Å². The van der Waals surface area contributed by atoms with Crippen LogP contribution in [0.3, 0.4) is 0 Å². The van der Waals surface area contributed by atoms with Gasteiger partial charge in [-0.15, -0.1) is 0 Å². The standard InChI is InChI=1S/C13H23N5O4/c1-13(2,3)17-12(21)22-6-5-9(19)11(20)16-8-7-15-18(4)10(8)14/h7,9,19H,5-6,14H2,1-4H3,(H,16,20)(H,17,21)/t9-/m0/s1. The predicted molar refractivity (Wildman–Crippen MR) is 81.1 cm³/mol. The molecule has 1 aromatic heterocycles. The first-order valence-electron chi connectivity index (χ1n) is 6.81. The highest BCUT2D eigenvalue weighted by Gasteiger charge is 2.19. The third kappa shape index (κ3) is 5.60. The number of aryl methyl sites for hydroxylation is 1. The van der Waals surface area contributed by atoms with Gasteiger partial charge in [-0.1, -0.05) is 0 Å². The molecule has 0 saturated heterocycles. The van der Waals surface area contributed by atoms with Crippen LogP contribution in [0.25, 0.3) is 0 Å². The Morgan fingerprint density at radius 3 is 2.64 bits per heavy atom. The SMILES string of the molecule is Cn1ncc(NC(=O)[C@@H](O)CCOC(=O)NC(C)(C)C)c1N. The summed E-state index contributed by atoms with van der Waals surface area (Å²) in [6.45, 7) is 5.36. The van der Waals surface area contributed by atoms with Gasteiger partial charge in [-0.2, -0.15) is 5.10 Å². The quantitative estimate of drug-likeness (QED) is 0.615. The second-order valence-corrected chi connectivity index (χ2v) is 5.87. The second kappa shape index (κ2) is 7.12. The summed E-state index contributed by atoms with van der Waals surface area (Å²) in [5.41, 5.74) is 5.58. The van der Waals surface area contributed by atoms with E-state index in [0.29, 0.717) is 5.69 Å². The van der Waals surface area contributed by atoms with E-state index in [2.05, 4.69) is 15.7 Å². The maximum absolute atomic E-state index is 11.8. The van der Waals surface area contributed by atoms with Crippen molar-refractivity contribution in [2.75, 3.05) is 17.7 Å². The predicted octanol–water partition coefficient (Wildman–Crippen LogP) is 0.217. The molecule has 2 amide bonds. The van der Waals surface area contributed by atoms with Crippen LogP contribution in [0.15, 0.2) is 6.20 Å². The molecule has 5 N–H and O–H groups in total. The van der Waals surface area contributed by atoms with Crippen LogP contribution in [0, 0.1) is 0 Å². The van der Waals surface area contributed by atoms with E-state index in [1.165, 1.54) is 10.9 Å². The second-order valence-electron chi connectivity index (χ2n) is 5.87. The van der Waals surface area contributed by atoms with Gasteiger partial charge < -0.3 is 26.2 Å². The van der Waals surface area contributed by atoms with E-state index >= 15 is 0 Å². The largest absolute Gasteiger partial charge is 0.449 e. The number of nitrogens with zero attached hydrogens (tertiary/aromatic N) is 2. The molecule has 9 heteroatoms. The minimum absolute atomic E-state index is 0.0242. The number of aliphatic hydroxyl groups is 1. The Labute approximate surface area is 128 Å². The van der Waals surface area contributed by atoms with E-state index in [1.54, 1.807) is 7.05 Å². The van der Waals surface area contributed by atoms with Gasteiger partial charge in [0.05, 0.1) is 12.8 Å². The fraction of sp³-hybridized carbons (Fsp3) is 0.615. The topological polar surface area (TPSA) is 132 Å². The van der Waals surface area contributed by atoms with Gasteiger partial charge in [0.25, 0.3) is 5.91 Å². The molecule has 124 valence electrons. The average molecular weight is 313 g/mol. The number of amides is 2. The lowest BCUT2D eigenvalue weighted by Gasteiger charge is -2.20.